The van der Waals surface area contributed by atoms with Crippen molar-refractivity contribution in [2.75, 3.05) is 6.61 Å². The lowest BCUT2D eigenvalue weighted by molar-refractivity contribution is 0.0909. The van der Waals surface area contributed by atoms with E-state index in [1.807, 2.05) is 43.3 Å². The third kappa shape index (κ3) is 4.22. The molecule has 4 aromatic rings. The van der Waals surface area contributed by atoms with Crippen molar-refractivity contribution in [1.82, 2.24) is 14.9 Å². The number of furan rings is 1. The second-order valence-corrected chi connectivity index (χ2v) is 7.45. The van der Waals surface area contributed by atoms with Crippen molar-refractivity contribution in [3.05, 3.63) is 83.6 Å². The van der Waals surface area contributed by atoms with Crippen LogP contribution in [0.3, 0.4) is 0 Å². The van der Waals surface area contributed by atoms with Gasteiger partial charge in [0.25, 0.3) is 5.91 Å². The second kappa shape index (κ2) is 8.45. The van der Waals surface area contributed by atoms with E-state index in [0.717, 1.165) is 22.6 Å². The van der Waals surface area contributed by atoms with E-state index in [0.29, 0.717) is 13.2 Å². The fourth-order valence-electron chi connectivity index (χ4n) is 3.67. The molecule has 4 rings (SSSR count). The number of hydrogen-bond donors (Lipinski definition) is 1. The molecule has 0 aliphatic heterocycles. The average Bonchev–Trinajstić information content (AvgIpc) is 3.36. The summed E-state index contributed by atoms with van der Waals surface area (Å²) in [4.78, 5) is 17.2. The molecular weight excluding hydrogens is 378 g/mol. The van der Waals surface area contributed by atoms with Gasteiger partial charge in [-0.2, -0.15) is 0 Å². The van der Waals surface area contributed by atoms with Crippen molar-refractivity contribution in [3.8, 4) is 5.75 Å². The van der Waals surface area contributed by atoms with Crippen LogP contribution < -0.4 is 10.1 Å². The largest absolute Gasteiger partial charge is 0.492 e. The smallest absolute Gasteiger partial charge is 0.287 e. The van der Waals surface area contributed by atoms with Crippen molar-refractivity contribution < 1.29 is 13.9 Å². The monoisotopic (exact) mass is 403 g/mol. The maximum atomic E-state index is 12.4. The van der Waals surface area contributed by atoms with E-state index in [1.54, 1.807) is 12.1 Å². The number of rotatable bonds is 7. The molecule has 1 unspecified atom stereocenters. The van der Waals surface area contributed by atoms with Gasteiger partial charge >= 0.3 is 0 Å². The Kier molecular flexibility index (Phi) is 5.57. The van der Waals surface area contributed by atoms with Crippen LogP contribution in [0.15, 0.2) is 65.3 Å². The van der Waals surface area contributed by atoms with Crippen LogP contribution in [0, 0.1) is 13.8 Å². The number of carbonyl (C=O) groups excluding carboxylic acids is 1. The molecule has 1 N–H and O–H groups in total. The summed E-state index contributed by atoms with van der Waals surface area (Å²) >= 11 is 0. The molecule has 2 heterocycles. The number of fused-ring (bicyclic) bond motifs is 1. The SMILES string of the molecule is Cc1cc(C)cc(OCCn2c(C(C)NC(=O)c3ccco3)nc3ccccc32)c1. The van der Waals surface area contributed by atoms with E-state index < -0.39 is 0 Å². The summed E-state index contributed by atoms with van der Waals surface area (Å²) in [6.45, 7) is 7.15. The number of ether oxygens (including phenoxy) is 1. The zero-order chi connectivity index (χ0) is 21.1. The van der Waals surface area contributed by atoms with Gasteiger partial charge in [-0.05, 0) is 68.3 Å². The van der Waals surface area contributed by atoms with Crippen LogP contribution in [0.4, 0.5) is 0 Å². The van der Waals surface area contributed by atoms with Crippen molar-refractivity contribution in [2.45, 2.75) is 33.4 Å². The van der Waals surface area contributed by atoms with E-state index >= 15 is 0 Å². The maximum absolute atomic E-state index is 12.4. The highest BCUT2D eigenvalue weighted by Gasteiger charge is 2.20. The van der Waals surface area contributed by atoms with E-state index in [1.165, 1.54) is 17.4 Å². The average molecular weight is 403 g/mol. The highest BCUT2D eigenvalue weighted by atomic mass is 16.5. The van der Waals surface area contributed by atoms with Gasteiger partial charge in [-0.1, -0.05) is 18.2 Å². The normalized spacial score (nSPS) is 12.1. The third-order valence-electron chi connectivity index (χ3n) is 4.94. The number of imidazole rings is 1. The van der Waals surface area contributed by atoms with Gasteiger partial charge in [0.2, 0.25) is 0 Å². The van der Waals surface area contributed by atoms with Gasteiger partial charge < -0.3 is 19.0 Å². The van der Waals surface area contributed by atoms with E-state index in [9.17, 15) is 4.79 Å². The number of hydrogen-bond acceptors (Lipinski definition) is 4. The number of aromatic nitrogens is 2. The predicted octanol–water partition coefficient (Wildman–Crippen LogP) is 4.82. The number of nitrogens with zero attached hydrogens (tertiary/aromatic N) is 2. The molecule has 0 aliphatic rings. The number of aryl methyl sites for hydroxylation is 2. The quantitative estimate of drug-likeness (QED) is 0.480. The molecule has 154 valence electrons. The van der Waals surface area contributed by atoms with Crippen LogP contribution in [-0.4, -0.2) is 22.1 Å². The zero-order valence-corrected chi connectivity index (χ0v) is 17.4. The summed E-state index contributed by atoms with van der Waals surface area (Å²) in [6.07, 6.45) is 1.49. The molecule has 0 aliphatic carbocycles. The summed E-state index contributed by atoms with van der Waals surface area (Å²) < 4.78 is 13.3. The Hall–Kier alpha value is -3.54. The maximum Gasteiger partial charge on any atom is 0.287 e. The molecule has 0 spiro atoms. The van der Waals surface area contributed by atoms with Crippen LogP contribution in [-0.2, 0) is 6.54 Å². The van der Waals surface area contributed by atoms with E-state index in [-0.39, 0.29) is 17.7 Å². The summed E-state index contributed by atoms with van der Waals surface area (Å²) in [5, 5.41) is 2.97. The fraction of sp³-hybridized carbons (Fsp3) is 0.250. The fourth-order valence-corrected chi connectivity index (χ4v) is 3.67. The van der Waals surface area contributed by atoms with Gasteiger partial charge in [-0.3, -0.25) is 4.79 Å². The van der Waals surface area contributed by atoms with Crippen LogP contribution in [0.2, 0.25) is 0 Å². The Morgan fingerprint density at radius 3 is 2.63 bits per heavy atom. The standard InChI is InChI=1S/C24H25N3O3/c1-16-13-17(2)15-19(14-16)29-12-10-27-21-8-5-4-7-20(21)26-23(27)18(3)25-24(28)22-9-6-11-30-22/h4-9,11,13-15,18H,10,12H2,1-3H3,(H,25,28). The summed E-state index contributed by atoms with van der Waals surface area (Å²) in [7, 11) is 0. The van der Waals surface area contributed by atoms with Gasteiger partial charge in [0.15, 0.2) is 5.76 Å². The first-order valence-corrected chi connectivity index (χ1v) is 10.0. The molecule has 6 nitrogen and oxygen atoms in total. The molecule has 30 heavy (non-hydrogen) atoms. The minimum atomic E-state index is -0.295. The first-order chi connectivity index (χ1) is 14.5. The predicted molar refractivity (Wildman–Crippen MR) is 116 cm³/mol. The molecule has 2 aromatic heterocycles. The number of nitrogens with one attached hydrogen (secondary N) is 1. The summed E-state index contributed by atoms with van der Waals surface area (Å²) in [5.41, 5.74) is 4.25. The van der Waals surface area contributed by atoms with Crippen LogP contribution >= 0.6 is 0 Å². The number of amides is 1. The Morgan fingerprint density at radius 2 is 1.90 bits per heavy atom. The third-order valence-corrected chi connectivity index (χ3v) is 4.94. The van der Waals surface area contributed by atoms with E-state index in [4.69, 9.17) is 14.1 Å². The molecule has 0 fully saturated rings. The summed E-state index contributed by atoms with van der Waals surface area (Å²) in [6, 6.07) is 17.2. The topological polar surface area (TPSA) is 69.3 Å². The van der Waals surface area contributed by atoms with Gasteiger partial charge in [0.1, 0.15) is 18.2 Å². The van der Waals surface area contributed by atoms with Gasteiger partial charge in [-0.15, -0.1) is 0 Å². The first-order valence-electron chi connectivity index (χ1n) is 10.0. The number of para-hydroxylation sites is 2. The Labute approximate surface area is 175 Å². The molecule has 1 atom stereocenters. The molecular formula is C24H25N3O3. The van der Waals surface area contributed by atoms with Crippen LogP contribution in [0.5, 0.6) is 5.75 Å². The molecule has 2 aromatic carbocycles. The minimum Gasteiger partial charge on any atom is -0.492 e. The van der Waals surface area contributed by atoms with E-state index in [2.05, 4.69) is 29.8 Å². The van der Waals surface area contributed by atoms with Crippen LogP contribution in [0.1, 0.15) is 40.5 Å². The zero-order valence-electron chi connectivity index (χ0n) is 17.4. The number of benzene rings is 2. The first kappa shape index (κ1) is 19.8. The molecule has 0 bridgehead atoms. The van der Waals surface area contributed by atoms with Crippen molar-refractivity contribution >= 4 is 16.9 Å². The highest BCUT2D eigenvalue weighted by molar-refractivity contribution is 5.91. The summed E-state index contributed by atoms with van der Waals surface area (Å²) in [5.74, 6) is 1.65. The Balaban J connectivity index is 1.54. The van der Waals surface area contributed by atoms with Crippen molar-refractivity contribution in [1.29, 1.82) is 0 Å². The Morgan fingerprint density at radius 1 is 1.13 bits per heavy atom. The highest BCUT2D eigenvalue weighted by Crippen LogP contribution is 2.22. The lowest BCUT2D eigenvalue weighted by Crippen LogP contribution is -2.28. The van der Waals surface area contributed by atoms with Gasteiger partial charge in [-0.25, -0.2) is 4.98 Å². The van der Waals surface area contributed by atoms with Crippen molar-refractivity contribution in [3.63, 3.8) is 0 Å². The molecule has 6 heteroatoms. The minimum absolute atomic E-state index is 0.266. The lowest BCUT2D eigenvalue weighted by Gasteiger charge is -2.16. The molecule has 0 saturated carbocycles. The van der Waals surface area contributed by atoms with Crippen LogP contribution in [0.25, 0.3) is 11.0 Å². The lowest BCUT2D eigenvalue weighted by atomic mass is 10.1. The molecule has 0 saturated heterocycles. The molecule has 0 radical (unpaired) electrons. The Bertz CT molecular complexity index is 1140. The number of carbonyl (C=O) groups is 1. The van der Waals surface area contributed by atoms with Gasteiger partial charge in [0.05, 0.1) is 29.9 Å². The second-order valence-electron chi connectivity index (χ2n) is 7.45. The van der Waals surface area contributed by atoms with Crippen molar-refractivity contribution in [2.24, 2.45) is 0 Å². The van der Waals surface area contributed by atoms with Gasteiger partial charge in [0, 0.05) is 0 Å². The molecule has 1 amide bonds.